The fourth-order valence-corrected chi connectivity index (χ4v) is 5.15. The van der Waals surface area contributed by atoms with Crippen LogP contribution >= 0.6 is 38.9 Å². The van der Waals surface area contributed by atoms with E-state index in [1.807, 2.05) is 6.92 Å². The van der Waals surface area contributed by atoms with Crippen LogP contribution in [0, 0.1) is 13.8 Å². The minimum Gasteiger partial charge on any atom is -0.398 e. The number of hydrogen-bond acceptors (Lipinski definition) is 4. The van der Waals surface area contributed by atoms with Crippen molar-refractivity contribution in [2.75, 3.05) is 10.5 Å². The van der Waals surface area contributed by atoms with Crippen molar-refractivity contribution in [2.45, 2.75) is 18.1 Å². The van der Waals surface area contributed by atoms with Crippen LogP contribution in [0.25, 0.3) is 0 Å². The third-order valence-electron chi connectivity index (χ3n) is 2.86. The molecule has 2 rings (SSSR count). The molecule has 0 radical (unpaired) electrons. The van der Waals surface area contributed by atoms with Gasteiger partial charge in [0.25, 0.3) is 10.0 Å². The molecule has 3 N–H and O–H groups in total. The SMILES string of the molecule is Cc1ccc(NS(=O)(=O)c2cc(Cl)c(Br)s2)c(C)c1N. The topological polar surface area (TPSA) is 72.2 Å². The lowest BCUT2D eigenvalue weighted by atomic mass is 10.1. The molecule has 108 valence electrons. The van der Waals surface area contributed by atoms with Crippen LogP contribution in [-0.4, -0.2) is 8.42 Å². The van der Waals surface area contributed by atoms with E-state index in [2.05, 4.69) is 20.7 Å². The van der Waals surface area contributed by atoms with Crippen LogP contribution in [0.1, 0.15) is 11.1 Å². The first-order valence-electron chi connectivity index (χ1n) is 5.55. The molecule has 0 unspecified atom stereocenters. The molecule has 0 aliphatic heterocycles. The molecule has 0 saturated carbocycles. The second-order valence-corrected chi connectivity index (χ2v) is 8.95. The zero-order chi connectivity index (χ0) is 15.1. The lowest BCUT2D eigenvalue weighted by Gasteiger charge is -2.12. The molecule has 8 heteroatoms. The Hall–Kier alpha value is -0.760. The lowest BCUT2D eigenvalue weighted by molar-refractivity contribution is 0.603. The quantitative estimate of drug-likeness (QED) is 0.766. The average Bonchev–Trinajstić information content (AvgIpc) is 2.71. The fraction of sp³-hybridized carbons (Fsp3) is 0.167. The van der Waals surface area contributed by atoms with Gasteiger partial charge in [0.15, 0.2) is 0 Å². The van der Waals surface area contributed by atoms with E-state index in [0.717, 1.165) is 16.9 Å². The van der Waals surface area contributed by atoms with Crippen molar-refractivity contribution < 1.29 is 8.42 Å². The minimum atomic E-state index is -3.67. The van der Waals surface area contributed by atoms with Crippen LogP contribution in [0.4, 0.5) is 11.4 Å². The summed E-state index contributed by atoms with van der Waals surface area (Å²) in [6.45, 7) is 3.65. The molecule has 0 saturated heterocycles. The highest BCUT2D eigenvalue weighted by molar-refractivity contribution is 9.11. The third kappa shape index (κ3) is 2.95. The van der Waals surface area contributed by atoms with Gasteiger partial charge in [-0.2, -0.15) is 0 Å². The van der Waals surface area contributed by atoms with Crippen molar-refractivity contribution in [3.63, 3.8) is 0 Å². The number of sulfonamides is 1. The zero-order valence-corrected chi connectivity index (χ0v) is 14.7. The summed E-state index contributed by atoms with van der Waals surface area (Å²) < 4.78 is 27.9. The first kappa shape index (κ1) is 15.6. The van der Waals surface area contributed by atoms with Crippen LogP contribution in [0.15, 0.2) is 26.2 Å². The van der Waals surface area contributed by atoms with Gasteiger partial charge in [-0.3, -0.25) is 4.72 Å². The van der Waals surface area contributed by atoms with Gasteiger partial charge in [0, 0.05) is 5.69 Å². The van der Waals surface area contributed by atoms with E-state index in [4.69, 9.17) is 17.3 Å². The van der Waals surface area contributed by atoms with Crippen LogP contribution in [-0.2, 0) is 10.0 Å². The fourth-order valence-electron chi connectivity index (χ4n) is 1.63. The molecule has 20 heavy (non-hydrogen) atoms. The second kappa shape index (κ2) is 5.55. The molecule has 0 amide bonds. The zero-order valence-electron chi connectivity index (χ0n) is 10.7. The van der Waals surface area contributed by atoms with Crippen LogP contribution in [0.3, 0.4) is 0 Å². The Kier molecular flexibility index (Phi) is 4.34. The molecule has 1 heterocycles. The van der Waals surface area contributed by atoms with E-state index in [9.17, 15) is 8.42 Å². The van der Waals surface area contributed by atoms with Gasteiger partial charge in [-0.05, 0) is 53.0 Å². The number of hydrogen-bond donors (Lipinski definition) is 2. The summed E-state index contributed by atoms with van der Waals surface area (Å²) in [5, 5.41) is 0.371. The van der Waals surface area contributed by atoms with Crippen molar-refractivity contribution in [1.82, 2.24) is 0 Å². The Morgan fingerprint density at radius 1 is 1.35 bits per heavy atom. The van der Waals surface area contributed by atoms with Gasteiger partial charge in [-0.1, -0.05) is 17.7 Å². The van der Waals surface area contributed by atoms with Crippen molar-refractivity contribution in [3.05, 3.63) is 38.1 Å². The van der Waals surface area contributed by atoms with Gasteiger partial charge in [0.05, 0.1) is 14.5 Å². The number of benzene rings is 1. The summed E-state index contributed by atoms with van der Waals surface area (Å²) in [5.41, 5.74) is 8.57. The Morgan fingerprint density at radius 2 is 2.00 bits per heavy atom. The summed E-state index contributed by atoms with van der Waals surface area (Å²) in [6.07, 6.45) is 0. The van der Waals surface area contributed by atoms with E-state index >= 15 is 0 Å². The van der Waals surface area contributed by atoms with Crippen LogP contribution in [0.2, 0.25) is 5.02 Å². The maximum absolute atomic E-state index is 12.3. The molecule has 4 nitrogen and oxygen atoms in total. The Morgan fingerprint density at radius 3 is 2.55 bits per heavy atom. The predicted molar refractivity (Wildman–Crippen MR) is 88.2 cm³/mol. The Bertz CT molecular complexity index is 753. The smallest absolute Gasteiger partial charge is 0.271 e. The highest BCUT2D eigenvalue weighted by atomic mass is 79.9. The van der Waals surface area contributed by atoms with Crippen molar-refractivity contribution in [2.24, 2.45) is 0 Å². The summed E-state index contributed by atoms with van der Waals surface area (Å²) in [4.78, 5) is 0. The highest BCUT2D eigenvalue weighted by Gasteiger charge is 2.20. The number of halogens is 2. The normalized spacial score (nSPS) is 11.6. The summed E-state index contributed by atoms with van der Waals surface area (Å²) >= 11 is 10.1. The number of nitrogens with one attached hydrogen (secondary N) is 1. The molecule has 0 atom stereocenters. The van der Waals surface area contributed by atoms with Gasteiger partial charge in [0.1, 0.15) is 4.21 Å². The van der Waals surface area contributed by atoms with Gasteiger partial charge in [0.2, 0.25) is 0 Å². The van der Waals surface area contributed by atoms with Crippen molar-refractivity contribution in [3.8, 4) is 0 Å². The van der Waals surface area contributed by atoms with E-state index in [1.54, 1.807) is 19.1 Å². The molecule has 0 aliphatic rings. The van der Waals surface area contributed by atoms with Gasteiger partial charge < -0.3 is 5.73 Å². The predicted octanol–water partition coefficient (Wildman–Crippen LogP) is 4.16. The van der Waals surface area contributed by atoms with Gasteiger partial charge >= 0.3 is 0 Å². The summed E-state index contributed by atoms with van der Waals surface area (Å²) in [6, 6.07) is 4.88. The molecule has 0 bridgehead atoms. The molecular weight excluding hydrogens is 384 g/mol. The minimum absolute atomic E-state index is 0.146. The molecule has 2 aromatic rings. The number of nitrogens with two attached hydrogens (primary N) is 1. The maximum atomic E-state index is 12.3. The van der Waals surface area contributed by atoms with E-state index in [0.29, 0.717) is 25.7 Å². The Labute approximate surface area is 135 Å². The van der Waals surface area contributed by atoms with Crippen LogP contribution < -0.4 is 10.5 Å². The number of thiophene rings is 1. The molecule has 1 aromatic carbocycles. The second-order valence-electron chi connectivity index (χ2n) is 4.26. The molecule has 1 aromatic heterocycles. The molecule has 0 fully saturated rings. The lowest BCUT2D eigenvalue weighted by Crippen LogP contribution is -2.13. The number of anilines is 2. The van der Waals surface area contributed by atoms with Gasteiger partial charge in [-0.25, -0.2) is 8.42 Å². The monoisotopic (exact) mass is 394 g/mol. The number of aryl methyl sites for hydroxylation is 1. The summed E-state index contributed by atoms with van der Waals surface area (Å²) in [5.74, 6) is 0. The van der Waals surface area contributed by atoms with Crippen LogP contribution in [0.5, 0.6) is 0 Å². The average molecular weight is 396 g/mol. The number of nitrogen functional groups attached to an aromatic ring is 1. The van der Waals surface area contributed by atoms with Gasteiger partial charge in [-0.15, -0.1) is 11.3 Å². The van der Waals surface area contributed by atoms with E-state index in [1.165, 1.54) is 6.07 Å². The third-order valence-corrected chi connectivity index (χ3v) is 7.18. The Balaban J connectivity index is 2.41. The first-order chi connectivity index (χ1) is 9.22. The van der Waals surface area contributed by atoms with E-state index in [-0.39, 0.29) is 4.21 Å². The highest BCUT2D eigenvalue weighted by Crippen LogP contribution is 2.36. The summed E-state index contributed by atoms with van der Waals surface area (Å²) in [7, 11) is -3.67. The first-order valence-corrected chi connectivity index (χ1v) is 9.03. The molecule has 0 spiro atoms. The van der Waals surface area contributed by atoms with Crippen molar-refractivity contribution >= 4 is 60.3 Å². The largest absolute Gasteiger partial charge is 0.398 e. The standard InChI is InChI=1S/C12H12BrClN2O2S2/c1-6-3-4-9(7(2)11(6)15)16-20(17,18)10-5-8(14)12(13)19-10/h3-5,16H,15H2,1-2H3. The molecule has 0 aliphatic carbocycles. The van der Waals surface area contributed by atoms with Crippen molar-refractivity contribution in [1.29, 1.82) is 0 Å². The molecular formula is C12H12BrClN2O2S2. The van der Waals surface area contributed by atoms with E-state index < -0.39 is 10.0 Å². The maximum Gasteiger partial charge on any atom is 0.271 e. The number of rotatable bonds is 3.